The molecule has 3 rings (SSSR count). The molecule has 0 bridgehead atoms. The number of rotatable bonds is 6. The molecule has 0 aliphatic carbocycles. The van der Waals surface area contributed by atoms with E-state index < -0.39 is 16.1 Å². The van der Waals surface area contributed by atoms with E-state index in [0.29, 0.717) is 20.8 Å². The largest absolute Gasteiger partial charge is 0.492 e. The second-order valence-corrected chi connectivity index (χ2v) is 7.89. The third kappa shape index (κ3) is 4.73. The van der Waals surface area contributed by atoms with Gasteiger partial charge in [0, 0.05) is 11.1 Å². The Morgan fingerprint density at radius 2 is 1.93 bits per heavy atom. The van der Waals surface area contributed by atoms with E-state index in [9.17, 15) is 19.7 Å². The van der Waals surface area contributed by atoms with Crippen LogP contribution in [-0.4, -0.2) is 34.1 Å². The van der Waals surface area contributed by atoms with Crippen LogP contribution in [0, 0.1) is 10.1 Å². The smallest absolute Gasteiger partial charge is 0.293 e. The molecule has 0 aromatic heterocycles. The molecule has 0 saturated carbocycles. The summed E-state index contributed by atoms with van der Waals surface area (Å²) in [6.45, 7) is 0.224. The Morgan fingerprint density at radius 3 is 2.61 bits per heavy atom. The Labute approximate surface area is 177 Å². The molecular weight excluding hydrogens is 472 g/mol. The summed E-state index contributed by atoms with van der Waals surface area (Å²) in [5.41, 5.74) is 0.335. The lowest BCUT2D eigenvalue weighted by atomic mass is 10.2. The highest BCUT2D eigenvalue weighted by molar-refractivity contribution is 9.10. The van der Waals surface area contributed by atoms with Crippen LogP contribution in [-0.2, 0) is 4.79 Å². The van der Waals surface area contributed by atoms with Gasteiger partial charge in [0.1, 0.15) is 12.4 Å². The molecule has 10 heteroatoms. The maximum Gasteiger partial charge on any atom is 0.293 e. The number of hydrogen-bond acceptors (Lipinski definition) is 6. The van der Waals surface area contributed by atoms with E-state index in [0.717, 1.165) is 16.7 Å². The zero-order chi connectivity index (χ0) is 20.3. The molecule has 0 unspecified atom stereocenters. The van der Waals surface area contributed by atoms with E-state index in [4.69, 9.17) is 16.3 Å². The molecule has 2 aromatic carbocycles. The second kappa shape index (κ2) is 8.76. The summed E-state index contributed by atoms with van der Waals surface area (Å²) in [6, 6.07) is 11.2. The number of carbonyl (C=O) groups is 2. The predicted octanol–water partition coefficient (Wildman–Crippen LogP) is 5.13. The third-order valence-corrected chi connectivity index (χ3v) is 5.57. The molecule has 0 N–H and O–H groups in total. The zero-order valence-corrected chi connectivity index (χ0v) is 17.3. The van der Waals surface area contributed by atoms with Gasteiger partial charge in [0.25, 0.3) is 16.8 Å². The van der Waals surface area contributed by atoms with Gasteiger partial charge in [-0.3, -0.25) is 24.6 Å². The van der Waals surface area contributed by atoms with Gasteiger partial charge in [-0.15, -0.1) is 0 Å². The summed E-state index contributed by atoms with van der Waals surface area (Å²) in [5, 5.41) is 11.2. The van der Waals surface area contributed by atoms with Gasteiger partial charge < -0.3 is 4.74 Å². The molecule has 2 amide bonds. The Balaban J connectivity index is 1.67. The predicted molar refractivity (Wildman–Crippen MR) is 110 cm³/mol. The van der Waals surface area contributed by atoms with Crippen LogP contribution in [0.15, 0.2) is 51.8 Å². The highest BCUT2D eigenvalue weighted by Gasteiger charge is 2.34. The Hall–Kier alpha value is -2.36. The third-order valence-electron chi connectivity index (χ3n) is 3.74. The first-order chi connectivity index (χ1) is 13.3. The minimum absolute atomic E-state index is 0.0884. The van der Waals surface area contributed by atoms with E-state index in [1.54, 1.807) is 30.3 Å². The van der Waals surface area contributed by atoms with Crippen molar-refractivity contribution in [2.24, 2.45) is 0 Å². The van der Waals surface area contributed by atoms with Crippen molar-refractivity contribution < 1.29 is 19.2 Å². The Bertz CT molecular complexity index is 980. The van der Waals surface area contributed by atoms with Gasteiger partial charge in [0.15, 0.2) is 0 Å². The van der Waals surface area contributed by atoms with Crippen LogP contribution in [0.2, 0.25) is 5.02 Å². The van der Waals surface area contributed by atoms with Gasteiger partial charge in [-0.05, 0) is 69.7 Å². The van der Waals surface area contributed by atoms with Crippen molar-refractivity contribution in [3.63, 3.8) is 0 Å². The van der Waals surface area contributed by atoms with E-state index in [1.807, 2.05) is 0 Å². The molecule has 0 radical (unpaired) electrons. The fourth-order valence-corrected chi connectivity index (χ4v) is 3.77. The molecular formula is C18H12BrClN2O5S. The molecule has 0 spiro atoms. The maximum absolute atomic E-state index is 12.5. The number of benzene rings is 2. The molecule has 1 aliphatic heterocycles. The number of carbonyl (C=O) groups excluding carboxylic acids is 2. The summed E-state index contributed by atoms with van der Waals surface area (Å²) in [5.74, 6) is 0.120. The summed E-state index contributed by atoms with van der Waals surface area (Å²) < 4.78 is 5.85. The van der Waals surface area contributed by atoms with Gasteiger partial charge in [0.2, 0.25) is 0 Å². The van der Waals surface area contributed by atoms with Crippen LogP contribution in [0.3, 0.4) is 0 Å². The lowest BCUT2D eigenvalue weighted by molar-refractivity contribution is -0.385. The van der Waals surface area contributed by atoms with E-state index >= 15 is 0 Å². The Kier molecular flexibility index (Phi) is 6.38. The van der Waals surface area contributed by atoms with Crippen molar-refractivity contribution in [3.8, 4) is 5.75 Å². The number of halogens is 2. The number of nitrogens with zero attached hydrogens (tertiary/aromatic N) is 2. The fraction of sp³-hybridized carbons (Fsp3) is 0.111. The number of nitro groups is 1. The molecule has 1 aliphatic rings. The van der Waals surface area contributed by atoms with Crippen molar-refractivity contribution >= 4 is 62.2 Å². The zero-order valence-electron chi connectivity index (χ0n) is 14.1. The Morgan fingerprint density at radius 1 is 1.21 bits per heavy atom. The number of thioether (sulfide) groups is 1. The highest BCUT2D eigenvalue weighted by atomic mass is 79.9. The van der Waals surface area contributed by atoms with Crippen molar-refractivity contribution in [2.45, 2.75) is 0 Å². The summed E-state index contributed by atoms with van der Waals surface area (Å²) in [7, 11) is 0. The quantitative estimate of drug-likeness (QED) is 0.322. The molecule has 7 nitrogen and oxygen atoms in total. The number of ether oxygens (including phenoxy) is 1. The van der Waals surface area contributed by atoms with Crippen molar-refractivity contribution in [3.05, 3.63) is 72.5 Å². The number of imide groups is 1. The SMILES string of the molecule is O=C1S/C(=C\c2ccc(Br)c([N+](=O)[O-])c2)C(=O)N1CCOc1ccc(Cl)cc1. The molecule has 28 heavy (non-hydrogen) atoms. The molecule has 1 fully saturated rings. The molecule has 0 atom stereocenters. The average Bonchev–Trinajstić information content (AvgIpc) is 2.92. The van der Waals surface area contributed by atoms with Crippen LogP contribution in [0.4, 0.5) is 10.5 Å². The summed E-state index contributed by atoms with van der Waals surface area (Å²) >= 11 is 9.70. The van der Waals surface area contributed by atoms with Crippen molar-refractivity contribution in [1.29, 1.82) is 0 Å². The van der Waals surface area contributed by atoms with Crippen molar-refractivity contribution in [2.75, 3.05) is 13.2 Å². The highest BCUT2D eigenvalue weighted by Crippen LogP contribution is 2.33. The standard InChI is InChI=1S/C18H12BrClN2O5S/c19-14-6-1-11(9-15(14)22(25)26)10-16-17(23)21(18(24)28-16)7-8-27-13-4-2-12(20)3-5-13/h1-6,9-10H,7-8H2/b16-10-. The van der Waals surface area contributed by atoms with Crippen LogP contribution in [0.5, 0.6) is 5.75 Å². The van der Waals surface area contributed by atoms with Gasteiger partial charge in [-0.25, -0.2) is 0 Å². The summed E-state index contributed by atoms with van der Waals surface area (Å²) in [4.78, 5) is 36.4. The van der Waals surface area contributed by atoms with E-state index in [2.05, 4.69) is 15.9 Å². The second-order valence-electron chi connectivity index (χ2n) is 5.60. The first-order valence-electron chi connectivity index (χ1n) is 7.93. The minimum atomic E-state index is -0.527. The molecule has 1 heterocycles. The first kappa shape index (κ1) is 20.4. The molecule has 144 valence electrons. The summed E-state index contributed by atoms with van der Waals surface area (Å²) in [6.07, 6.45) is 1.46. The average molecular weight is 484 g/mol. The van der Waals surface area contributed by atoms with E-state index in [-0.39, 0.29) is 23.7 Å². The normalized spacial score (nSPS) is 15.4. The fourth-order valence-electron chi connectivity index (χ4n) is 2.39. The minimum Gasteiger partial charge on any atom is -0.492 e. The van der Waals surface area contributed by atoms with Crippen molar-refractivity contribution in [1.82, 2.24) is 4.90 Å². The van der Waals surface area contributed by atoms with Crippen LogP contribution in [0.25, 0.3) is 6.08 Å². The number of amides is 2. The monoisotopic (exact) mass is 482 g/mol. The maximum atomic E-state index is 12.5. The van der Waals surface area contributed by atoms with Gasteiger partial charge in [-0.1, -0.05) is 17.7 Å². The lowest BCUT2D eigenvalue weighted by Gasteiger charge is -2.13. The van der Waals surface area contributed by atoms with Gasteiger partial charge in [0.05, 0.1) is 20.8 Å². The van der Waals surface area contributed by atoms with Crippen LogP contribution in [0.1, 0.15) is 5.56 Å². The molecule has 1 saturated heterocycles. The number of hydrogen-bond donors (Lipinski definition) is 0. The topological polar surface area (TPSA) is 89.8 Å². The first-order valence-corrected chi connectivity index (χ1v) is 9.91. The molecule has 2 aromatic rings. The number of nitro benzene ring substituents is 1. The van der Waals surface area contributed by atoms with Gasteiger partial charge in [-0.2, -0.15) is 0 Å². The van der Waals surface area contributed by atoms with Gasteiger partial charge >= 0.3 is 0 Å². The van der Waals surface area contributed by atoms with Crippen LogP contribution < -0.4 is 4.74 Å². The lowest BCUT2D eigenvalue weighted by Crippen LogP contribution is -2.32. The van der Waals surface area contributed by atoms with Crippen LogP contribution >= 0.6 is 39.3 Å². The van der Waals surface area contributed by atoms with E-state index in [1.165, 1.54) is 18.2 Å².